The first-order chi connectivity index (χ1) is 17.8. The largest absolute Gasteiger partial charge is 0.489 e. The number of aromatic nitrogens is 2. The molecule has 1 fully saturated rings. The van der Waals surface area contributed by atoms with Gasteiger partial charge < -0.3 is 13.8 Å². The fraction of sp³-hybridized carbons (Fsp3) is 0.276. The number of ketones is 1. The second kappa shape index (κ2) is 10.3. The zero-order valence-corrected chi connectivity index (χ0v) is 21.9. The number of hydrogen-bond donors (Lipinski definition) is 0. The van der Waals surface area contributed by atoms with Crippen molar-refractivity contribution in [3.05, 3.63) is 90.4 Å². The Morgan fingerprint density at radius 2 is 1.89 bits per heavy atom. The molecule has 1 saturated heterocycles. The highest BCUT2D eigenvalue weighted by atomic mass is 32.2. The Morgan fingerprint density at radius 1 is 1.08 bits per heavy atom. The molecule has 0 spiro atoms. The van der Waals surface area contributed by atoms with Crippen molar-refractivity contribution in [2.75, 3.05) is 16.6 Å². The summed E-state index contributed by atoms with van der Waals surface area (Å²) in [5.41, 5.74) is 2.43. The monoisotopic (exact) mass is 515 g/mol. The third-order valence-corrected chi connectivity index (χ3v) is 7.23. The average molecular weight is 516 g/mol. The molecule has 5 rings (SSSR count). The zero-order chi connectivity index (χ0) is 26.0. The third-order valence-electron chi connectivity index (χ3n) is 6.00. The van der Waals surface area contributed by atoms with Crippen molar-refractivity contribution in [2.24, 2.45) is 5.92 Å². The number of anilines is 1. The van der Waals surface area contributed by atoms with E-state index in [2.05, 4.69) is 9.29 Å². The van der Waals surface area contributed by atoms with Crippen molar-refractivity contribution >= 4 is 40.4 Å². The summed E-state index contributed by atoms with van der Waals surface area (Å²) in [6, 6.07) is 19.2. The van der Waals surface area contributed by atoms with E-state index in [1.165, 1.54) is 4.57 Å². The van der Waals surface area contributed by atoms with E-state index in [0.717, 1.165) is 11.3 Å². The lowest BCUT2D eigenvalue weighted by Crippen LogP contribution is -2.27. The van der Waals surface area contributed by atoms with Crippen LogP contribution in [0.3, 0.4) is 0 Å². The number of Topliss-reactive ketones (excluding diaryl/α,β-unsaturated/α-hetero) is 1. The Kier molecular flexibility index (Phi) is 6.93. The first kappa shape index (κ1) is 24.9. The minimum absolute atomic E-state index is 0.00385. The number of nitrogens with zero attached hydrogens (tertiary/aromatic N) is 3. The highest BCUT2D eigenvalue weighted by Gasteiger charge is 2.33. The number of pyridine rings is 1. The normalized spacial score (nSPS) is 15.6. The minimum Gasteiger partial charge on any atom is -0.489 e. The molecule has 4 aromatic rings. The molecule has 1 atom stereocenters. The van der Waals surface area contributed by atoms with E-state index in [0.29, 0.717) is 41.1 Å². The first-order valence-electron chi connectivity index (χ1n) is 12.2. The van der Waals surface area contributed by atoms with Gasteiger partial charge in [-0.2, -0.15) is 0 Å². The summed E-state index contributed by atoms with van der Waals surface area (Å²) in [5.74, 6) is 1.06. The van der Waals surface area contributed by atoms with Crippen LogP contribution < -0.4 is 9.04 Å². The number of rotatable bonds is 6. The lowest BCUT2D eigenvalue weighted by Gasteiger charge is -2.19. The van der Waals surface area contributed by atoms with Gasteiger partial charge in [-0.3, -0.25) is 14.3 Å². The smallest absolute Gasteiger partial charge is 0.419 e. The molecular formula is C29H29N3O4S. The Labute approximate surface area is 220 Å². The highest BCUT2D eigenvalue weighted by molar-refractivity contribution is 8.00. The van der Waals surface area contributed by atoms with Gasteiger partial charge in [-0.25, -0.2) is 4.79 Å². The topological polar surface area (TPSA) is 73.7 Å². The molecule has 8 heteroatoms. The highest BCUT2D eigenvalue weighted by Crippen LogP contribution is 2.35. The van der Waals surface area contributed by atoms with E-state index in [-0.39, 0.29) is 11.7 Å². The van der Waals surface area contributed by atoms with Gasteiger partial charge in [0.1, 0.15) is 18.0 Å². The fourth-order valence-electron chi connectivity index (χ4n) is 4.24. The van der Waals surface area contributed by atoms with Crippen LogP contribution in [0, 0.1) is 5.92 Å². The van der Waals surface area contributed by atoms with Crippen LogP contribution in [-0.2, 0) is 11.3 Å². The molecule has 2 aromatic heterocycles. The number of carbonyl (C=O) groups is 2. The summed E-state index contributed by atoms with van der Waals surface area (Å²) in [4.78, 5) is 31.0. The van der Waals surface area contributed by atoms with Crippen LogP contribution in [0.1, 0.15) is 36.7 Å². The fourth-order valence-corrected chi connectivity index (χ4v) is 5.40. The van der Waals surface area contributed by atoms with Gasteiger partial charge in [-0.05, 0) is 62.5 Å². The van der Waals surface area contributed by atoms with Gasteiger partial charge in [0.05, 0.1) is 23.3 Å². The number of carbonyl (C=O) groups excluding carboxylic acids is 2. The Morgan fingerprint density at radius 3 is 2.62 bits per heavy atom. The summed E-state index contributed by atoms with van der Waals surface area (Å²) in [6.07, 6.45) is 4.61. The summed E-state index contributed by atoms with van der Waals surface area (Å²) in [7, 11) is 0. The van der Waals surface area contributed by atoms with E-state index < -0.39 is 11.7 Å². The van der Waals surface area contributed by atoms with Crippen molar-refractivity contribution in [1.82, 2.24) is 9.55 Å². The van der Waals surface area contributed by atoms with Gasteiger partial charge in [-0.15, -0.1) is 0 Å². The molecule has 190 valence electrons. The predicted octanol–water partition coefficient (Wildman–Crippen LogP) is 6.37. The number of ether oxygens (including phenoxy) is 2. The average Bonchev–Trinajstić information content (AvgIpc) is 3.53. The van der Waals surface area contributed by atoms with E-state index in [4.69, 9.17) is 9.47 Å². The maximum atomic E-state index is 13.7. The molecule has 0 bridgehead atoms. The van der Waals surface area contributed by atoms with Crippen molar-refractivity contribution in [1.29, 1.82) is 0 Å². The minimum atomic E-state index is -0.675. The van der Waals surface area contributed by atoms with Crippen LogP contribution in [-0.4, -0.2) is 39.3 Å². The van der Waals surface area contributed by atoms with Crippen LogP contribution in [0.25, 0.3) is 10.9 Å². The maximum absolute atomic E-state index is 13.7. The van der Waals surface area contributed by atoms with Crippen LogP contribution >= 0.6 is 11.9 Å². The number of fused-ring (bicyclic) bond motifs is 1. The quantitative estimate of drug-likeness (QED) is 0.218. The number of hydrogen-bond acceptors (Lipinski definition) is 7. The van der Waals surface area contributed by atoms with Crippen LogP contribution in [0.4, 0.5) is 10.5 Å². The molecular weight excluding hydrogens is 486 g/mol. The molecule has 2 aromatic carbocycles. The van der Waals surface area contributed by atoms with Crippen molar-refractivity contribution in [3.8, 4) is 5.75 Å². The number of benzene rings is 2. The Hall–Kier alpha value is -3.78. The predicted molar refractivity (Wildman–Crippen MR) is 146 cm³/mol. The SMILES string of the molecule is CC(C)(C)OC(=O)n1cc(C(=O)C2CSN(c3cccnc3)C2)c2ccc(OCc3ccccc3)cc21. The van der Waals surface area contributed by atoms with E-state index in [9.17, 15) is 9.59 Å². The first-order valence-corrected chi connectivity index (χ1v) is 13.1. The molecule has 1 aliphatic heterocycles. The molecule has 0 radical (unpaired) electrons. The third kappa shape index (κ3) is 5.64. The molecule has 0 saturated carbocycles. The molecule has 0 N–H and O–H groups in total. The van der Waals surface area contributed by atoms with Crippen molar-refractivity contribution in [3.63, 3.8) is 0 Å². The van der Waals surface area contributed by atoms with Gasteiger partial charge in [0.25, 0.3) is 0 Å². The summed E-state index contributed by atoms with van der Waals surface area (Å²) in [6.45, 7) is 6.43. The molecule has 3 heterocycles. The van der Waals surface area contributed by atoms with Gasteiger partial charge in [0.2, 0.25) is 0 Å². The van der Waals surface area contributed by atoms with Gasteiger partial charge in [-0.1, -0.05) is 30.3 Å². The molecule has 1 aliphatic rings. The summed E-state index contributed by atoms with van der Waals surface area (Å²) in [5, 5.41) is 0.702. The molecule has 37 heavy (non-hydrogen) atoms. The Balaban J connectivity index is 1.44. The second-order valence-corrected chi connectivity index (χ2v) is 11.0. The molecule has 0 amide bonds. The van der Waals surface area contributed by atoms with Gasteiger partial charge in [0, 0.05) is 41.7 Å². The summed E-state index contributed by atoms with van der Waals surface area (Å²) >= 11 is 1.61. The molecule has 1 unspecified atom stereocenters. The van der Waals surface area contributed by atoms with E-state index in [1.807, 2.05) is 75.4 Å². The maximum Gasteiger partial charge on any atom is 0.419 e. The van der Waals surface area contributed by atoms with Crippen LogP contribution in [0.5, 0.6) is 5.75 Å². The van der Waals surface area contributed by atoms with Crippen molar-refractivity contribution in [2.45, 2.75) is 33.0 Å². The molecule has 0 aliphatic carbocycles. The summed E-state index contributed by atoms with van der Waals surface area (Å²) < 4.78 is 15.2. The zero-order valence-electron chi connectivity index (χ0n) is 21.1. The van der Waals surface area contributed by atoms with E-state index >= 15 is 0 Å². The van der Waals surface area contributed by atoms with Crippen molar-refractivity contribution < 1.29 is 19.1 Å². The molecule has 7 nitrogen and oxygen atoms in total. The lowest BCUT2D eigenvalue weighted by molar-refractivity contribution is 0.0544. The van der Waals surface area contributed by atoms with Crippen LogP contribution in [0.2, 0.25) is 0 Å². The van der Waals surface area contributed by atoms with Crippen LogP contribution in [0.15, 0.2) is 79.3 Å². The second-order valence-electron chi connectivity index (χ2n) is 9.98. The van der Waals surface area contributed by atoms with Gasteiger partial charge >= 0.3 is 6.09 Å². The Bertz CT molecular complexity index is 1410. The van der Waals surface area contributed by atoms with Gasteiger partial charge in [0.15, 0.2) is 5.78 Å². The standard InChI is InChI=1S/C29H29N3O4S/c1-29(2,3)36-28(34)31-17-25(27(33)21-16-32(37-19-21)22-10-7-13-30-15-22)24-12-11-23(14-26(24)31)35-18-20-8-5-4-6-9-20/h4-15,17,21H,16,18-19H2,1-3H3. The van der Waals surface area contributed by atoms with E-state index in [1.54, 1.807) is 36.6 Å². The lowest BCUT2D eigenvalue weighted by atomic mass is 9.98.